The lowest BCUT2D eigenvalue weighted by Crippen LogP contribution is -2.06. The molecule has 0 spiro atoms. The Morgan fingerprint density at radius 1 is 1.60 bits per heavy atom. The number of aryl methyl sites for hydroxylation is 1. The third kappa shape index (κ3) is 1.81. The van der Waals surface area contributed by atoms with Gasteiger partial charge < -0.3 is 4.57 Å². The smallest absolute Gasteiger partial charge is 0.160 e. The molecule has 2 aromatic rings. The summed E-state index contributed by atoms with van der Waals surface area (Å²) >= 11 is 5.98. The molecular formula is C10H11ClFN3. The molecule has 0 aliphatic heterocycles. The first-order valence-electron chi connectivity index (χ1n) is 4.75. The summed E-state index contributed by atoms with van der Waals surface area (Å²) in [7, 11) is 0. The molecule has 1 atom stereocenters. The monoisotopic (exact) mass is 227 g/mol. The Morgan fingerprint density at radius 3 is 3.07 bits per heavy atom. The second-order valence-electron chi connectivity index (χ2n) is 3.27. The molecule has 0 aliphatic carbocycles. The van der Waals surface area contributed by atoms with Crippen molar-refractivity contribution in [3.8, 4) is 0 Å². The maximum Gasteiger partial charge on any atom is 0.160 e. The highest BCUT2D eigenvalue weighted by Crippen LogP contribution is 2.22. The lowest BCUT2D eigenvalue weighted by Gasteiger charge is -2.06. The molecular weight excluding hydrogens is 217 g/mol. The van der Waals surface area contributed by atoms with Crippen LogP contribution in [-0.4, -0.2) is 21.2 Å². The molecule has 0 N–H and O–H groups in total. The number of nitrogens with zero attached hydrogens (tertiary/aromatic N) is 3. The van der Waals surface area contributed by atoms with E-state index in [1.54, 1.807) is 16.8 Å². The standard InChI is InChI=1S/C10H11ClFN3/c1-7(11)9-14-8-3-2-5-13-10(8)15(9)6-4-12/h2-3,5,7H,4,6H2,1H3. The van der Waals surface area contributed by atoms with Crippen LogP contribution in [0.25, 0.3) is 11.2 Å². The summed E-state index contributed by atoms with van der Waals surface area (Å²) in [4.78, 5) is 8.51. The van der Waals surface area contributed by atoms with Gasteiger partial charge >= 0.3 is 0 Å². The molecule has 15 heavy (non-hydrogen) atoms. The molecule has 0 amide bonds. The van der Waals surface area contributed by atoms with Crippen molar-refractivity contribution in [1.29, 1.82) is 0 Å². The number of hydrogen-bond acceptors (Lipinski definition) is 2. The van der Waals surface area contributed by atoms with E-state index in [0.29, 0.717) is 11.5 Å². The zero-order valence-electron chi connectivity index (χ0n) is 8.32. The summed E-state index contributed by atoms with van der Waals surface area (Å²) in [5.74, 6) is 0.669. The minimum absolute atomic E-state index is 0.245. The van der Waals surface area contributed by atoms with E-state index in [1.807, 2.05) is 13.0 Å². The number of rotatable bonds is 3. The fourth-order valence-electron chi connectivity index (χ4n) is 1.58. The number of imidazole rings is 1. The van der Waals surface area contributed by atoms with Crippen molar-refractivity contribution in [2.24, 2.45) is 0 Å². The van der Waals surface area contributed by atoms with Crippen molar-refractivity contribution >= 4 is 22.8 Å². The Hall–Kier alpha value is -1.16. The van der Waals surface area contributed by atoms with Crippen LogP contribution in [0.5, 0.6) is 0 Å². The first-order chi connectivity index (χ1) is 7.24. The van der Waals surface area contributed by atoms with E-state index in [2.05, 4.69) is 9.97 Å². The summed E-state index contributed by atoms with van der Waals surface area (Å²) in [5, 5.41) is -0.245. The maximum atomic E-state index is 12.4. The molecule has 0 saturated heterocycles. The van der Waals surface area contributed by atoms with Crippen LogP contribution in [0.1, 0.15) is 18.1 Å². The second kappa shape index (κ2) is 4.14. The average molecular weight is 228 g/mol. The van der Waals surface area contributed by atoms with E-state index in [9.17, 15) is 4.39 Å². The minimum atomic E-state index is -0.446. The molecule has 2 heterocycles. The van der Waals surface area contributed by atoms with Gasteiger partial charge in [-0.25, -0.2) is 14.4 Å². The van der Waals surface area contributed by atoms with Crippen LogP contribution in [0.15, 0.2) is 18.3 Å². The van der Waals surface area contributed by atoms with E-state index in [0.717, 1.165) is 5.52 Å². The molecule has 0 saturated carbocycles. The Kier molecular flexibility index (Phi) is 2.86. The zero-order valence-corrected chi connectivity index (χ0v) is 9.08. The second-order valence-corrected chi connectivity index (χ2v) is 3.93. The van der Waals surface area contributed by atoms with Gasteiger partial charge in [-0.15, -0.1) is 11.6 Å². The highest BCUT2D eigenvalue weighted by atomic mass is 35.5. The van der Waals surface area contributed by atoms with Gasteiger partial charge in [-0.05, 0) is 19.1 Å². The van der Waals surface area contributed by atoms with Gasteiger partial charge in [0.25, 0.3) is 0 Å². The van der Waals surface area contributed by atoms with E-state index in [4.69, 9.17) is 11.6 Å². The molecule has 80 valence electrons. The predicted octanol–water partition coefficient (Wildman–Crippen LogP) is 2.70. The summed E-state index contributed by atoms with van der Waals surface area (Å²) in [6.45, 7) is 1.62. The molecule has 0 bridgehead atoms. The van der Waals surface area contributed by atoms with E-state index >= 15 is 0 Å². The van der Waals surface area contributed by atoms with Gasteiger partial charge in [0.05, 0.1) is 11.9 Å². The van der Waals surface area contributed by atoms with Crippen LogP contribution in [-0.2, 0) is 6.54 Å². The van der Waals surface area contributed by atoms with E-state index in [1.165, 1.54) is 0 Å². The van der Waals surface area contributed by atoms with Gasteiger partial charge in [-0.1, -0.05) is 0 Å². The summed E-state index contributed by atoms with van der Waals surface area (Å²) in [6.07, 6.45) is 1.67. The number of aromatic nitrogens is 3. The molecule has 5 heteroatoms. The first-order valence-corrected chi connectivity index (χ1v) is 5.19. The highest BCUT2D eigenvalue weighted by molar-refractivity contribution is 6.20. The Bertz CT molecular complexity index is 467. The lowest BCUT2D eigenvalue weighted by molar-refractivity contribution is 0.443. The molecule has 0 aromatic carbocycles. The van der Waals surface area contributed by atoms with Gasteiger partial charge in [0.1, 0.15) is 18.0 Å². The lowest BCUT2D eigenvalue weighted by atomic mass is 10.4. The van der Waals surface area contributed by atoms with Crippen LogP contribution >= 0.6 is 11.6 Å². The third-order valence-electron chi connectivity index (χ3n) is 2.20. The van der Waals surface area contributed by atoms with Crippen LogP contribution in [0.2, 0.25) is 0 Å². The molecule has 3 nitrogen and oxygen atoms in total. The van der Waals surface area contributed by atoms with Crippen LogP contribution in [0.3, 0.4) is 0 Å². The molecule has 0 aliphatic rings. The van der Waals surface area contributed by atoms with Crippen molar-refractivity contribution in [2.45, 2.75) is 18.8 Å². The third-order valence-corrected chi connectivity index (χ3v) is 2.39. The van der Waals surface area contributed by atoms with Gasteiger partial charge in [0, 0.05) is 6.20 Å². The van der Waals surface area contributed by atoms with E-state index < -0.39 is 6.67 Å². The normalized spacial score (nSPS) is 13.3. The quantitative estimate of drug-likeness (QED) is 0.755. The average Bonchev–Trinajstić information content (AvgIpc) is 2.58. The van der Waals surface area contributed by atoms with Crippen LogP contribution in [0, 0.1) is 0 Å². The van der Waals surface area contributed by atoms with Gasteiger partial charge in [0.2, 0.25) is 0 Å². The first kappa shape index (κ1) is 10.4. The molecule has 2 rings (SSSR count). The number of pyridine rings is 1. The minimum Gasteiger partial charge on any atom is -0.309 e. The summed E-state index contributed by atoms with van der Waals surface area (Å²) in [6, 6.07) is 3.65. The number of fused-ring (bicyclic) bond motifs is 1. The van der Waals surface area contributed by atoms with Gasteiger partial charge in [0.15, 0.2) is 5.65 Å². The topological polar surface area (TPSA) is 30.7 Å². The summed E-state index contributed by atoms with van der Waals surface area (Å²) in [5.41, 5.74) is 1.45. The van der Waals surface area contributed by atoms with Crippen molar-refractivity contribution in [2.75, 3.05) is 6.67 Å². The van der Waals surface area contributed by atoms with Crippen molar-refractivity contribution < 1.29 is 4.39 Å². The zero-order chi connectivity index (χ0) is 10.8. The van der Waals surface area contributed by atoms with Crippen molar-refractivity contribution in [1.82, 2.24) is 14.5 Å². The van der Waals surface area contributed by atoms with Crippen LogP contribution < -0.4 is 0 Å². The molecule has 2 aromatic heterocycles. The Labute approximate surface area is 91.9 Å². The maximum absolute atomic E-state index is 12.4. The largest absolute Gasteiger partial charge is 0.309 e. The summed E-state index contributed by atoms with van der Waals surface area (Å²) < 4.78 is 14.1. The van der Waals surface area contributed by atoms with Gasteiger partial charge in [-0.3, -0.25) is 0 Å². The predicted molar refractivity (Wildman–Crippen MR) is 57.8 cm³/mol. The Balaban J connectivity index is 2.63. The van der Waals surface area contributed by atoms with Crippen LogP contribution in [0.4, 0.5) is 4.39 Å². The molecule has 1 unspecified atom stereocenters. The fraction of sp³-hybridized carbons (Fsp3) is 0.400. The fourth-order valence-corrected chi connectivity index (χ4v) is 1.75. The number of alkyl halides is 2. The van der Waals surface area contributed by atoms with E-state index in [-0.39, 0.29) is 11.9 Å². The van der Waals surface area contributed by atoms with Crippen molar-refractivity contribution in [3.05, 3.63) is 24.2 Å². The molecule has 0 fully saturated rings. The number of hydrogen-bond donors (Lipinski definition) is 0. The highest BCUT2D eigenvalue weighted by Gasteiger charge is 2.14. The Morgan fingerprint density at radius 2 is 2.40 bits per heavy atom. The molecule has 0 radical (unpaired) electrons. The van der Waals surface area contributed by atoms with Gasteiger partial charge in [-0.2, -0.15) is 0 Å². The van der Waals surface area contributed by atoms with Crippen molar-refractivity contribution in [3.63, 3.8) is 0 Å². The SMILES string of the molecule is CC(Cl)c1nc2cccnc2n1CCF. The number of halogens is 2.